The Morgan fingerprint density at radius 2 is 1.93 bits per heavy atom. The Kier molecular flexibility index (Phi) is 4.27. The first-order valence-corrected chi connectivity index (χ1v) is 9.81. The first-order chi connectivity index (χ1) is 14.2. The molecular weight excluding hydrogens is 364 g/mol. The number of aromatic amines is 1. The Labute approximate surface area is 168 Å². The number of benzene rings is 2. The van der Waals surface area contributed by atoms with Crippen molar-refractivity contribution >= 4 is 22.8 Å². The van der Waals surface area contributed by atoms with Crippen molar-refractivity contribution in [2.24, 2.45) is 0 Å². The summed E-state index contributed by atoms with van der Waals surface area (Å²) in [5, 5.41) is 7.77. The van der Waals surface area contributed by atoms with E-state index in [1.54, 1.807) is 0 Å². The molecule has 2 amide bonds. The van der Waals surface area contributed by atoms with Crippen LogP contribution in [0.4, 0.5) is 10.5 Å². The minimum absolute atomic E-state index is 0.0840. The molecule has 7 nitrogen and oxygen atoms in total. The predicted octanol–water partition coefficient (Wildman–Crippen LogP) is 4.17. The molecule has 0 atom stereocenters. The third-order valence-electron chi connectivity index (χ3n) is 5.32. The van der Waals surface area contributed by atoms with Gasteiger partial charge >= 0.3 is 6.03 Å². The van der Waals surface area contributed by atoms with Crippen LogP contribution in [0.15, 0.2) is 54.6 Å². The van der Waals surface area contributed by atoms with E-state index in [9.17, 15) is 4.79 Å². The Bertz CT molecular complexity index is 1160. The van der Waals surface area contributed by atoms with Crippen molar-refractivity contribution in [3.63, 3.8) is 0 Å². The molecule has 5 rings (SSSR count). The lowest BCUT2D eigenvalue weighted by Gasteiger charge is -2.21. The molecule has 0 unspecified atom stereocenters. The van der Waals surface area contributed by atoms with Crippen LogP contribution in [-0.2, 0) is 13.1 Å². The van der Waals surface area contributed by atoms with Gasteiger partial charge in [-0.15, -0.1) is 0 Å². The SMILES string of the molecule is Cc1ccccc1NC(=O)N1CCCn2nc(-c3nc4ccccc4[nH]3)cc2C1. The van der Waals surface area contributed by atoms with Gasteiger partial charge in [-0.1, -0.05) is 30.3 Å². The molecule has 146 valence electrons. The van der Waals surface area contributed by atoms with Gasteiger partial charge in [0.15, 0.2) is 5.82 Å². The van der Waals surface area contributed by atoms with Gasteiger partial charge in [0.1, 0.15) is 5.69 Å². The number of aryl methyl sites for hydroxylation is 2. The highest BCUT2D eigenvalue weighted by Gasteiger charge is 2.22. The second-order valence-electron chi connectivity index (χ2n) is 7.37. The van der Waals surface area contributed by atoms with Crippen LogP contribution >= 0.6 is 0 Å². The second-order valence-corrected chi connectivity index (χ2v) is 7.37. The number of aromatic nitrogens is 4. The fraction of sp³-hybridized carbons (Fsp3) is 0.227. The number of hydrogen-bond donors (Lipinski definition) is 2. The van der Waals surface area contributed by atoms with Crippen molar-refractivity contribution < 1.29 is 4.79 Å². The first-order valence-electron chi connectivity index (χ1n) is 9.81. The number of H-pyrrole nitrogens is 1. The topological polar surface area (TPSA) is 78.8 Å². The summed E-state index contributed by atoms with van der Waals surface area (Å²) in [6, 6.07) is 17.7. The number of carbonyl (C=O) groups is 1. The zero-order valence-corrected chi connectivity index (χ0v) is 16.2. The van der Waals surface area contributed by atoms with E-state index in [1.165, 1.54) is 0 Å². The number of nitrogens with zero attached hydrogens (tertiary/aromatic N) is 4. The molecule has 3 heterocycles. The lowest BCUT2D eigenvalue weighted by molar-refractivity contribution is 0.210. The normalized spacial score (nSPS) is 13.9. The summed E-state index contributed by atoms with van der Waals surface area (Å²) < 4.78 is 1.99. The molecule has 4 aromatic rings. The minimum Gasteiger partial charge on any atom is -0.337 e. The predicted molar refractivity (Wildman–Crippen MR) is 113 cm³/mol. The maximum absolute atomic E-state index is 12.8. The number of para-hydroxylation sites is 3. The van der Waals surface area contributed by atoms with Crippen molar-refractivity contribution in [2.75, 3.05) is 11.9 Å². The van der Waals surface area contributed by atoms with E-state index in [2.05, 4.69) is 15.3 Å². The molecule has 0 spiro atoms. The molecule has 0 radical (unpaired) electrons. The van der Waals surface area contributed by atoms with E-state index in [4.69, 9.17) is 5.10 Å². The fourth-order valence-electron chi connectivity index (χ4n) is 3.73. The van der Waals surface area contributed by atoms with Crippen molar-refractivity contribution in [2.45, 2.75) is 26.4 Å². The third kappa shape index (κ3) is 3.35. The van der Waals surface area contributed by atoms with Gasteiger partial charge in [-0.2, -0.15) is 5.10 Å². The van der Waals surface area contributed by atoms with Crippen LogP contribution in [0.3, 0.4) is 0 Å². The molecule has 0 saturated heterocycles. The number of fused-ring (bicyclic) bond motifs is 2. The highest BCUT2D eigenvalue weighted by Crippen LogP contribution is 2.23. The van der Waals surface area contributed by atoms with Gasteiger partial charge in [-0.05, 0) is 43.2 Å². The molecule has 0 fully saturated rings. The summed E-state index contributed by atoms with van der Waals surface area (Å²) in [4.78, 5) is 22.7. The second kappa shape index (κ2) is 7.09. The average molecular weight is 386 g/mol. The lowest BCUT2D eigenvalue weighted by atomic mass is 10.2. The number of imidazole rings is 1. The number of anilines is 1. The summed E-state index contributed by atoms with van der Waals surface area (Å²) in [6.45, 7) is 3.99. The molecule has 7 heteroatoms. The van der Waals surface area contributed by atoms with Crippen molar-refractivity contribution in [1.29, 1.82) is 0 Å². The van der Waals surface area contributed by atoms with Crippen LogP contribution in [-0.4, -0.2) is 37.2 Å². The standard InChI is InChI=1S/C22H22N6O/c1-15-7-2-3-8-17(15)25-22(29)27-11-6-12-28-16(14-27)13-20(26-28)21-23-18-9-4-5-10-19(18)24-21/h2-5,7-10,13H,6,11-12,14H2,1H3,(H,23,24)(H,25,29). The molecule has 0 aliphatic carbocycles. The maximum atomic E-state index is 12.8. The number of nitrogens with one attached hydrogen (secondary N) is 2. The number of hydrogen-bond acceptors (Lipinski definition) is 3. The zero-order valence-electron chi connectivity index (χ0n) is 16.2. The number of carbonyl (C=O) groups excluding carboxylic acids is 1. The van der Waals surface area contributed by atoms with Crippen molar-refractivity contribution in [1.82, 2.24) is 24.6 Å². The molecule has 2 N–H and O–H groups in total. The summed E-state index contributed by atoms with van der Waals surface area (Å²) in [5.41, 5.74) is 5.62. The van der Waals surface area contributed by atoms with Crippen LogP contribution < -0.4 is 5.32 Å². The lowest BCUT2D eigenvalue weighted by Crippen LogP contribution is -2.34. The van der Waals surface area contributed by atoms with Crippen LogP contribution in [0.25, 0.3) is 22.6 Å². The molecule has 2 aromatic heterocycles. The summed E-state index contributed by atoms with van der Waals surface area (Å²) in [5.74, 6) is 0.752. The molecule has 1 aliphatic rings. The Morgan fingerprint density at radius 3 is 2.79 bits per heavy atom. The highest BCUT2D eigenvalue weighted by molar-refractivity contribution is 5.90. The Balaban J connectivity index is 1.38. The van der Waals surface area contributed by atoms with Gasteiger partial charge in [0.05, 0.1) is 23.3 Å². The van der Waals surface area contributed by atoms with Gasteiger partial charge in [0.25, 0.3) is 0 Å². The van der Waals surface area contributed by atoms with E-state index in [0.717, 1.165) is 52.5 Å². The number of urea groups is 1. The monoisotopic (exact) mass is 386 g/mol. The van der Waals surface area contributed by atoms with Gasteiger partial charge < -0.3 is 15.2 Å². The van der Waals surface area contributed by atoms with Crippen LogP contribution in [0, 0.1) is 6.92 Å². The Morgan fingerprint density at radius 1 is 1.10 bits per heavy atom. The maximum Gasteiger partial charge on any atom is 0.322 e. The van der Waals surface area contributed by atoms with Crippen molar-refractivity contribution in [3.8, 4) is 11.5 Å². The van der Waals surface area contributed by atoms with Gasteiger partial charge in [0, 0.05) is 18.8 Å². The van der Waals surface area contributed by atoms with Gasteiger partial charge in [-0.25, -0.2) is 9.78 Å². The summed E-state index contributed by atoms with van der Waals surface area (Å²) >= 11 is 0. The van der Waals surface area contributed by atoms with E-state index in [0.29, 0.717) is 13.1 Å². The zero-order chi connectivity index (χ0) is 19.8. The van der Waals surface area contributed by atoms with Crippen LogP contribution in [0.5, 0.6) is 0 Å². The molecular formula is C22H22N6O. The van der Waals surface area contributed by atoms with E-state index < -0.39 is 0 Å². The van der Waals surface area contributed by atoms with E-state index >= 15 is 0 Å². The molecule has 0 saturated carbocycles. The third-order valence-corrected chi connectivity index (χ3v) is 5.32. The van der Waals surface area contributed by atoms with E-state index in [1.807, 2.05) is 71.1 Å². The van der Waals surface area contributed by atoms with E-state index in [-0.39, 0.29) is 6.03 Å². The molecule has 1 aliphatic heterocycles. The first kappa shape index (κ1) is 17.5. The fourth-order valence-corrected chi connectivity index (χ4v) is 3.73. The summed E-state index contributed by atoms with van der Waals surface area (Å²) in [7, 11) is 0. The number of rotatable bonds is 2. The van der Waals surface area contributed by atoms with Gasteiger partial charge in [-0.3, -0.25) is 4.68 Å². The molecule has 2 aromatic carbocycles. The number of amides is 2. The molecule has 29 heavy (non-hydrogen) atoms. The largest absolute Gasteiger partial charge is 0.337 e. The smallest absolute Gasteiger partial charge is 0.322 e. The Hall–Kier alpha value is -3.61. The average Bonchev–Trinajstić information content (AvgIpc) is 3.28. The van der Waals surface area contributed by atoms with Crippen LogP contribution in [0.2, 0.25) is 0 Å². The van der Waals surface area contributed by atoms with Crippen molar-refractivity contribution in [3.05, 3.63) is 65.9 Å². The van der Waals surface area contributed by atoms with Crippen LogP contribution in [0.1, 0.15) is 17.7 Å². The highest BCUT2D eigenvalue weighted by atomic mass is 16.2. The quantitative estimate of drug-likeness (QED) is 0.543. The minimum atomic E-state index is -0.0840. The molecule has 0 bridgehead atoms. The van der Waals surface area contributed by atoms with Gasteiger partial charge in [0.2, 0.25) is 0 Å². The summed E-state index contributed by atoms with van der Waals surface area (Å²) in [6.07, 6.45) is 0.857.